The molecule has 0 saturated heterocycles. The highest BCUT2D eigenvalue weighted by Crippen LogP contribution is 2.31. The fourth-order valence-electron chi connectivity index (χ4n) is 2.51. The molecule has 0 aliphatic rings. The van der Waals surface area contributed by atoms with Crippen molar-refractivity contribution >= 4 is 38.4 Å². The van der Waals surface area contributed by atoms with E-state index in [9.17, 15) is 0 Å². The summed E-state index contributed by atoms with van der Waals surface area (Å²) in [5, 5.41) is 5.22. The second-order valence-corrected chi connectivity index (χ2v) is 6.13. The lowest BCUT2D eigenvalue weighted by molar-refractivity contribution is 0.690. The SMILES string of the molecule is CNC(c1ccc2ncccc2c1)c1cc(Cl)ccc1Br. The molecular weight excluding hydrogens is 348 g/mol. The van der Waals surface area contributed by atoms with E-state index in [0.717, 1.165) is 26.0 Å². The molecule has 2 nitrogen and oxygen atoms in total. The summed E-state index contributed by atoms with van der Waals surface area (Å²) in [5.41, 5.74) is 3.30. The predicted octanol–water partition coefficient (Wildman–Crippen LogP) is 4.96. The molecule has 3 rings (SSSR count). The van der Waals surface area contributed by atoms with Crippen molar-refractivity contribution < 1.29 is 0 Å². The Bertz CT molecular complexity index is 789. The normalized spacial score (nSPS) is 12.5. The molecular formula is C17H14BrClN2. The van der Waals surface area contributed by atoms with Gasteiger partial charge in [0.2, 0.25) is 0 Å². The van der Waals surface area contributed by atoms with Crippen LogP contribution >= 0.6 is 27.5 Å². The van der Waals surface area contributed by atoms with Crippen molar-refractivity contribution in [1.82, 2.24) is 10.3 Å². The Balaban J connectivity index is 2.11. The van der Waals surface area contributed by atoms with Crippen LogP contribution in [0.3, 0.4) is 0 Å². The van der Waals surface area contributed by atoms with E-state index in [1.165, 1.54) is 5.56 Å². The molecule has 1 unspecified atom stereocenters. The maximum Gasteiger partial charge on any atom is 0.0702 e. The second kappa shape index (κ2) is 6.14. The van der Waals surface area contributed by atoms with Crippen LogP contribution in [-0.4, -0.2) is 12.0 Å². The molecule has 0 bridgehead atoms. The van der Waals surface area contributed by atoms with Gasteiger partial charge in [-0.05, 0) is 54.6 Å². The Morgan fingerprint density at radius 2 is 2.00 bits per heavy atom. The standard InChI is InChI=1S/C17H14BrClN2/c1-20-17(14-10-13(19)5-6-15(14)18)12-4-7-16-11(9-12)3-2-8-21-16/h2-10,17,20H,1H3. The summed E-state index contributed by atoms with van der Waals surface area (Å²) < 4.78 is 1.04. The Labute approximate surface area is 137 Å². The molecule has 1 heterocycles. The molecule has 1 N–H and O–H groups in total. The average molecular weight is 362 g/mol. The van der Waals surface area contributed by atoms with Gasteiger partial charge in [-0.25, -0.2) is 0 Å². The average Bonchev–Trinajstić information content (AvgIpc) is 2.51. The number of benzene rings is 2. The molecule has 0 radical (unpaired) electrons. The smallest absolute Gasteiger partial charge is 0.0702 e. The van der Waals surface area contributed by atoms with E-state index < -0.39 is 0 Å². The van der Waals surface area contributed by atoms with Crippen LogP contribution in [0.1, 0.15) is 17.2 Å². The van der Waals surface area contributed by atoms with Gasteiger partial charge in [-0.2, -0.15) is 0 Å². The van der Waals surface area contributed by atoms with Crippen molar-refractivity contribution in [1.29, 1.82) is 0 Å². The first-order valence-electron chi connectivity index (χ1n) is 6.66. The number of hydrogen-bond donors (Lipinski definition) is 1. The number of pyridine rings is 1. The van der Waals surface area contributed by atoms with Gasteiger partial charge in [-0.15, -0.1) is 0 Å². The van der Waals surface area contributed by atoms with Crippen LogP contribution < -0.4 is 5.32 Å². The third-order valence-corrected chi connectivity index (χ3v) is 4.48. The summed E-state index contributed by atoms with van der Waals surface area (Å²) in [4.78, 5) is 4.36. The summed E-state index contributed by atoms with van der Waals surface area (Å²) in [7, 11) is 1.95. The number of halogens is 2. The molecule has 0 saturated carbocycles. The van der Waals surface area contributed by atoms with Gasteiger partial charge in [-0.1, -0.05) is 39.7 Å². The molecule has 4 heteroatoms. The van der Waals surface area contributed by atoms with Crippen LogP contribution in [0.5, 0.6) is 0 Å². The molecule has 21 heavy (non-hydrogen) atoms. The largest absolute Gasteiger partial charge is 0.309 e. The molecule has 1 atom stereocenters. The number of nitrogens with one attached hydrogen (secondary N) is 1. The Morgan fingerprint density at radius 1 is 1.14 bits per heavy atom. The van der Waals surface area contributed by atoms with Crippen LogP contribution in [0.15, 0.2) is 59.2 Å². The monoisotopic (exact) mass is 360 g/mol. The van der Waals surface area contributed by atoms with E-state index >= 15 is 0 Å². The zero-order valence-electron chi connectivity index (χ0n) is 11.5. The van der Waals surface area contributed by atoms with E-state index in [-0.39, 0.29) is 6.04 Å². The molecule has 0 fully saturated rings. The Hall–Kier alpha value is -1.42. The van der Waals surface area contributed by atoms with Gasteiger partial charge >= 0.3 is 0 Å². The zero-order valence-corrected chi connectivity index (χ0v) is 13.8. The van der Waals surface area contributed by atoms with Gasteiger partial charge < -0.3 is 5.32 Å². The lowest BCUT2D eigenvalue weighted by Gasteiger charge is -2.19. The van der Waals surface area contributed by atoms with Crippen LogP contribution in [0.4, 0.5) is 0 Å². The van der Waals surface area contributed by atoms with Crippen molar-refractivity contribution in [3.8, 4) is 0 Å². The fraction of sp³-hybridized carbons (Fsp3) is 0.118. The van der Waals surface area contributed by atoms with E-state index in [2.05, 4.69) is 44.4 Å². The molecule has 0 aliphatic heterocycles. The maximum absolute atomic E-state index is 6.14. The van der Waals surface area contributed by atoms with Crippen molar-refractivity contribution in [3.63, 3.8) is 0 Å². The summed E-state index contributed by atoms with van der Waals surface area (Å²) in [6, 6.07) is 16.3. The number of fused-ring (bicyclic) bond motifs is 1. The van der Waals surface area contributed by atoms with E-state index in [1.807, 2.05) is 43.6 Å². The molecule has 106 valence electrons. The third kappa shape index (κ3) is 2.95. The van der Waals surface area contributed by atoms with Gasteiger partial charge in [0.05, 0.1) is 11.6 Å². The first-order valence-corrected chi connectivity index (χ1v) is 7.83. The zero-order chi connectivity index (χ0) is 14.8. The highest BCUT2D eigenvalue weighted by Gasteiger charge is 2.16. The predicted molar refractivity (Wildman–Crippen MR) is 91.8 cm³/mol. The Morgan fingerprint density at radius 3 is 2.81 bits per heavy atom. The molecule has 2 aromatic carbocycles. The lowest BCUT2D eigenvalue weighted by Crippen LogP contribution is -2.18. The fourth-order valence-corrected chi connectivity index (χ4v) is 3.17. The minimum absolute atomic E-state index is 0.0719. The minimum atomic E-state index is 0.0719. The summed E-state index contributed by atoms with van der Waals surface area (Å²) >= 11 is 9.75. The van der Waals surface area contributed by atoms with Crippen molar-refractivity contribution in [2.75, 3.05) is 7.05 Å². The van der Waals surface area contributed by atoms with Crippen LogP contribution in [0.2, 0.25) is 5.02 Å². The number of aromatic nitrogens is 1. The van der Waals surface area contributed by atoms with E-state index in [1.54, 1.807) is 0 Å². The lowest BCUT2D eigenvalue weighted by atomic mass is 9.97. The first kappa shape index (κ1) is 14.5. The quantitative estimate of drug-likeness (QED) is 0.713. The first-order chi connectivity index (χ1) is 10.2. The van der Waals surface area contributed by atoms with Gasteiger partial charge in [0.15, 0.2) is 0 Å². The number of hydrogen-bond acceptors (Lipinski definition) is 2. The van der Waals surface area contributed by atoms with Gasteiger partial charge in [-0.3, -0.25) is 4.98 Å². The molecule has 0 amide bonds. The van der Waals surface area contributed by atoms with Crippen molar-refractivity contribution in [2.45, 2.75) is 6.04 Å². The summed E-state index contributed by atoms with van der Waals surface area (Å²) in [6.45, 7) is 0. The number of nitrogens with zero attached hydrogens (tertiary/aromatic N) is 1. The second-order valence-electron chi connectivity index (χ2n) is 4.84. The summed E-state index contributed by atoms with van der Waals surface area (Å²) in [5.74, 6) is 0. The van der Waals surface area contributed by atoms with Crippen molar-refractivity contribution in [2.24, 2.45) is 0 Å². The highest BCUT2D eigenvalue weighted by atomic mass is 79.9. The molecule has 0 aliphatic carbocycles. The third-order valence-electron chi connectivity index (χ3n) is 3.52. The number of rotatable bonds is 3. The topological polar surface area (TPSA) is 24.9 Å². The summed E-state index contributed by atoms with van der Waals surface area (Å²) in [6.07, 6.45) is 1.81. The molecule has 0 spiro atoms. The van der Waals surface area contributed by atoms with Gasteiger partial charge in [0, 0.05) is 21.1 Å². The highest BCUT2D eigenvalue weighted by molar-refractivity contribution is 9.10. The van der Waals surface area contributed by atoms with E-state index in [4.69, 9.17) is 11.6 Å². The minimum Gasteiger partial charge on any atom is -0.309 e. The van der Waals surface area contributed by atoms with Gasteiger partial charge in [0.25, 0.3) is 0 Å². The Kier molecular flexibility index (Phi) is 4.24. The van der Waals surface area contributed by atoms with Crippen molar-refractivity contribution in [3.05, 3.63) is 75.4 Å². The maximum atomic E-state index is 6.14. The molecule has 3 aromatic rings. The van der Waals surface area contributed by atoms with Crippen LogP contribution in [-0.2, 0) is 0 Å². The van der Waals surface area contributed by atoms with Crippen LogP contribution in [0.25, 0.3) is 10.9 Å². The van der Waals surface area contributed by atoms with Gasteiger partial charge in [0.1, 0.15) is 0 Å². The van der Waals surface area contributed by atoms with Crippen LogP contribution in [0, 0.1) is 0 Å². The van der Waals surface area contributed by atoms with E-state index in [0.29, 0.717) is 0 Å². The molecule has 1 aromatic heterocycles.